The van der Waals surface area contributed by atoms with Crippen molar-refractivity contribution in [3.8, 4) is 0 Å². The van der Waals surface area contributed by atoms with E-state index in [9.17, 15) is 19.5 Å². The van der Waals surface area contributed by atoms with E-state index in [0.29, 0.717) is 24.0 Å². The van der Waals surface area contributed by atoms with Crippen LogP contribution < -0.4 is 0 Å². The van der Waals surface area contributed by atoms with Crippen molar-refractivity contribution in [2.45, 2.75) is 72.1 Å². The van der Waals surface area contributed by atoms with E-state index in [-0.39, 0.29) is 42.3 Å². The number of hydrogen-bond donors (Lipinski definition) is 1. The normalized spacial score (nSPS) is 40.4. The lowest BCUT2D eigenvalue weighted by atomic mass is 9.46. The summed E-state index contributed by atoms with van der Waals surface area (Å²) >= 11 is 0. The molecule has 2 saturated carbocycles. The van der Waals surface area contributed by atoms with Gasteiger partial charge in [0.15, 0.2) is 18.2 Å². The third kappa shape index (κ3) is 3.42. The van der Waals surface area contributed by atoms with Gasteiger partial charge >= 0.3 is 5.97 Å². The predicted octanol–water partition coefficient (Wildman–Crippen LogP) is 4.05. The van der Waals surface area contributed by atoms with Crippen LogP contribution in [0.15, 0.2) is 34.9 Å². The van der Waals surface area contributed by atoms with Gasteiger partial charge in [-0.3, -0.25) is 14.4 Å². The summed E-state index contributed by atoms with van der Waals surface area (Å²) in [5, 5.41) is 11.4. The smallest absolute Gasteiger partial charge is 0.303 e. The topological polar surface area (TPSA) is 80.7 Å². The third-order valence-corrected chi connectivity index (χ3v) is 8.49. The number of rotatable bonds is 5. The highest BCUT2D eigenvalue weighted by atomic mass is 19.1. The molecule has 0 aromatic rings. The van der Waals surface area contributed by atoms with Crippen LogP contribution in [-0.2, 0) is 19.1 Å². The molecule has 0 amide bonds. The molecule has 0 bridgehead atoms. The molecule has 6 heteroatoms. The van der Waals surface area contributed by atoms with Crippen molar-refractivity contribution < 1.29 is 28.6 Å². The van der Waals surface area contributed by atoms with Gasteiger partial charge in [-0.15, -0.1) is 0 Å². The average Bonchev–Trinajstić information content (AvgIpc) is 2.99. The number of halogens is 1. The number of esters is 1. The Hall–Kier alpha value is -2.08. The van der Waals surface area contributed by atoms with Gasteiger partial charge in [-0.05, 0) is 55.2 Å². The molecule has 0 spiro atoms. The maximum atomic E-state index is 15.5. The summed E-state index contributed by atoms with van der Waals surface area (Å²) in [6, 6.07) is 0. The van der Waals surface area contributed by atoms with E-state index in [4.69, 9.17) is 4.74 Å². The maximum Gasteiger partial charge on any atom is 0.303 e. The van der Waals surface area contributed by atoms with Gasteiger partial charge in [-0.2, -0.15) is 0 Å². The van der Waals surface area contributed by atoms with E-state index in [1.165, 1.54) is 19.1 Å². The summed E-state index contributed by atoms with van der Waals surface area (Å²) in [5.74, 6) is -1.23. The van der Waals surface area contributed by atoms with Crippen LogP contribution >= 0.6 is 0 Å². The standard InChI is InChI=1S/C26H33FO5/c1-5-6-15-9-18-17-11-20(27)19-10-16(29)7-8-25(19,3)24(17)21(30)12-26(18,4)23(15)22(31)13-32-14(2)28/h7-8,10,17-18,20-21,24,30H,5-6,9,11-13H2,1-4H3/t17-,18-,20-,21-,24+,25-,26-/m0/s1. The molecule has 0 saturated heterocycles. The van der Waals surface area contributed by atoms with Gasteiger partial charge in [-0.1, -0.05) is 38.8 Å². The average molecular weight is 445 g/mol. The number of alkyl halides is 1. The van der Waals surface area contributed by atoms with Crippen LogP contribution in [-0.4, -0.2) is 41.5 Å². The Bertz CT molecular complexity index is 946. The SMILES string of the molecule is CCCC1=C(C(=O)COC(C)=O)[C@@]2(C)C[C@H](O)[C@H]3[C@@H](C[C@H](F)C4=CC(=O)C=C[C@@]43C)[C@@H]2C1. The summed E-state index contributed by atoms with van der Waals surface area (Å²) in [6.07, 6.45) is 5.66. The zero-order valence-electron chi connectivity index (χ0n) is 19.3. The Morgan fingerprint density at radius 1 is 1.31 bits per heavy atom. The van der Waals surface area contributed by atoms with Crippen LogP contribution in [0.3, 0.4) is 0 Å². The fourth-order valence-electron chi connectivity index (χ4n) is 7.40. The molecule has 0 aromatic carbocycles. The van der Waals surface area contributed by atoms with Crippen molar-refractivity contribution in [3.63, 3.8) is 0 Å². The molecule has 5 nitrogen and oxygen atoms in total. The molecule has 0 aliphatic heterocycles. The van der Waals surface area contributed by atoms with E-state index in [1.54, 1.807) is 6.08 Å². The van der Waals surface area contributed by atoms with Crippen LogP contribution in [0.1, 0.15) is 59.8 Å². The van der Waals surface area contributed by atoms with Gasteiger partial charge in [0.1, 0.15) is 6.17 Å². The first-order valence-corrected chi connectivity index (χ1v) is 11.7. The minimum absolute atomic E-state index is 0.0244. The highest BCUT2D eigenvalue weighted by molar-refractivity contribution is 6.01. The molecule has 7 atom stereocenters. The second-order valence-electron chi connectivity index (χ2n) is 10.4. The minimum atomic E-state index is -1.25. The second-order valence-corrected chi connectivity index (χ2v) is 10.4. The Kier molecular flexibility index (Phi) is 5.81. The number of aliphatic hydroxyl groups is 1. The molecule has 4 aliphatic carbocycles. The largest absolute Gasteiger partial charge is 0.457 e. The van der Waals surface area contributed by atoms with Crippen LogP contribution in [0.2, 0.25) is 0 Å². The number of carbonyl (C=O) groups excluding carboxylic acids is 3. The minimum Gasteiger partial charge on any atom is -0.457 e. The third-order valence-electron chi connectivity index (χ3n) is 8.49. The molecule has 0 unspecified atom stereocenters. The molecule has 2 fully saturated rings. The van der Waals surface area contributed by atoms with Gasteiger partial charge in [-0.25, -0.2) is 4.39 Å². The predicted molar refractivity (Wildman–Crippen MR) is 117 cm³/mol. The first-order valence-electron chi connectivity index (χ1n) is 11.7. The van der Waals surface area contributed by atoms with Crippen LogP contribution in [0, 0.1) is 28.6 Å². The molecule has 4 aliphatic rings. The van der Waals surface area contributed by atoms with Crippen molar-refractivity contribution in [1.82, 2.24) is 0 Å². The summed E-state index contributed by atoms with van der Waals surface area (Å²) in [6.45, 7) is 6.98. The summed E-state index contributed by atoms with van der Waals surface area (Å²) < 4.78 is 20.5. The highest BCUT2D eigenvalue weighted by Gasteiger charge is 2.63. The van der Waals surface area contributed by atoms with Gasteiger partial charge < -0.3 is 9.84 Å². The number of ketones is 2. The van der Waals surface area contributed by atoms with Crippen molar-refractivity contribution in [2.75, 3.05) is 6.61 Å². The van der Waals surface area contributed by atoms with Crippen molar-refractivity contribution in [2.24, 2.45) is 28.6 Å². The van der Waals surface area contributed by atoms with Gasteiger partial charge in [0.25, 0.3) is 0 Å². The van der Waals surface area contributed by atoms with Crippen molar-refractivity contribution in [1.29, 1.82) is 0 Å². The summed E-state index contributed by atoms with van der Waals surface area (Å²) in [5.41, 5.74) is 0.903. The van der Waals surface area contributed by atoms with E-state index in [0.717, 1.165) is 18.4 Å². The van der Waals surface area contributed by atoms with Gasteiger partial charge in [0, 0.05) is 29.2 Å². The lowest BCUT2D eigenvalue weighted by Crippen LogP contribution is -2.57. The number of ether oxygens (including phenoxy) is 1. The zero-order valence-corrected chi connectivity index (χ0v) is 19.3. The number of allylic oxidation sites excluding steroid dienone is 5. The van der Waals surface area contributed by atoms with E-state index >= 15 is 4.39 Å². The van der Waals surface area contributed by atoms with Gasteiger partial charge in [0.2, 0.25) is 0 Å². The van der Waals surface area contributed by atoms with Crippen LogP contribution in [0.5, 0.6) is 0 Å². The highest BCUT2D eigenvalue weighted by Crippen LogP contribution is 2.66. The van der Waals surface area contributed by atoms with Crippen LogP contribution in [0.25, 0.3) is 0 Å². The summed E-state index contributed by atoms with van der Waals surface area (Å²) in [7, 11) is 0. The lowest BCUT2D eigenvalue weighted by Gasteiger charge is -2.58. The van der Waals surface area contributed by atoms with Gasteiger partial charge in [0.05, 0.1) is 6.10 Å². The molecular formula is C26H33FO5. The quantitative estimate of drug-likeness (QED) is 0.647. The fourth-order valence-corrected chi connectivity index (χ4v) is 7.40. The Labute approximate surface area is 188 Å². The molecule has 0 radical (unpaired) electrons. The molecule has 0 heterocycles. The lowest BCUT2D eigenvalue weighted by molar-refractivity contribution is -0.146. The van der Waals surface area contributed by atoms with E-state index < -0.39 is 29.1 Å². The molecular weight excluding hydrogens is 411 g/mol. The molecule has 1 N–H and O–H groups in total. The number of fused-ring (bicyclic) bond motifs is 5. The molecule has 0 aromatic heterocycles. The van der Waals surface area contributed by atoms with Crippen molar-refractivity contribution >= 4 is 17.5 Å². The molecule has 32 heavy (non-hydrogen) atoms. The zero-order chi connectivity index (χ0) is 23.4. The number of carbonyl (C=O) groups is 3. The van der Waals surface area contributed by atoms with Crippen LogP contribution in [0.4, 0.5) is 4.39 Å². The first-order chi connectivity index (χ1) is 15.0. The van der Waals surface area contributed by atoms with Crippen molar-refractivity contribution in [3.05, 3.63) is 34.9 Å². The number of hydrogen-bond acceptors (Lipinski definition) is 5. The molecule has 4 rings (SSSR count). The summed E-state index contributed by atoms with van der Waals surface area (Å²) in [4.78, 5) is 36.4. The fraction of sp³-hybridized carbons (Fsp3) is 0.654. The monoisotopic (exact) mass is 444 g/mol. The number of aliphatic hydroxyl groups excluding tert-OH is 1. The van der Waals surface area contributed by atoms with E-state index in [2.05, 4.69) is 6.92 Å². The maximum absolute atomic E-state index is 15.5. The Balaban J connectivity index is 1.73. The molecule has 174 valence electrons. The number of Topliss-reactive ketones (excluding diaryl/α,β-unsaturated/α-hetero) is 1. The Morgan fingerprint density at radius 2 is 2.03 bits per heavy atom. The Morgan fingerprint density at radius 3 is 2.69 bits per heavy atom. The first kappa shape index (κ1) is 23.1. The second kappa shape index (κ2) is 8.05. The van der Waals surface area contributed by atoms with E-state index in [1.807, 2.05) is 13.8 Å².